The van der Waals surface area contributed by atoms with Crippen molar-refractivity contribution in [1.29, 1.82) is 5.26 Å². The summed E-state index contributed by atoms with van der Waals surface area (Å²) in [5.74, 6) is 0.250. The Balaban J connectivity index is 1.73. The Morgan fingerprint density at radius 2 is 2.10 bits per heavy atom. The van der Waals surface area contributed by atoms with Crippen molar-refractivity contribution in [3.05, 3.63) is 62.0 Å². The predicted octanol–water partition coefficient (Wildman–Crippen LogP) is 5.72. The zero-order valence-electron chi connectivity index (χ0n) is 17.4. The first-order valence-corrected chi connectivity index (χ1v) is 10.8. The minimum atomic E-state index is -0.464. The third kappa shape index (κ3) is 4.60. The average Bonchev–Trinajstić information content (AvgIpc) is 3.08. The van der Waals surface area contributed by atoms with Gasteiger partial charge in [0.05, 0.1) is 10.5 Å². The quantitative estimate of drug-likeness (QED) is 0.365. The van der Waals surface area contributed by atoms with Gasteiger partial charge in [-0.05, 0) is 59.9 Å². The third-order valence-corrected chi connectivity index (χ3v) is 7.33. The molecule has 1 atom stereocenters. The fourth-order valence-corrected chi connectivity index (χ4v) is 5.06. The maximum Gasteiger partial charge on any atom is 0.269 e. The molecule has 2 aromatic rings. The van der Waals surface area contributed by atoms with Crippen molar-refractivity contribution in [1.82, 2.24) is 0 Å². The average molecular weight is 424 g/mol. The van der Waals surface area contributed by atoms with Gasteiger partial charge in [0.25, 0.3) is 5.69 Å². The van der Waals surface area contributed by atoms with Crippen molar-refractivity contribution in [3.8, 4) is 6.07 Å². The van der Waals surface area contributed by atoms with Crippen molar-refractivity contribution < 1.29 is 9.72 Å². The number of hydrogen-bond acceptors (Lipinski definition) is 5. The third-order valence-electron chi connectivity index (χ3n) is 6.16. The lowest BCUT2D eigenvalue weighted by Gasteiger charge is -2.36. The van der Waals surface area contributed by atoms with E-state index in [1.807, 2.05) is 0 Å². The molecule has 0 saturated heterocycles. The van der Waals surface area contributed by atoms with Crippen LogP contribution in [-0.2, 0) is 17.6 Å². The molecule has 1 aromatic carbocycles. The van der Waals surface area contributed by atoms with Crippen LogP contribution in [0.3, 0.4) is 0 Å². The van der Waals surface area contributed by atoms with Crippen LogP contribution in [0.15, 0.2) is 30.3 Å². The second kappa shape index (κ2) is 8.80. The largest absolute Gasteiger partial charge is 0.313 e. The highest BCUT2D eigenvalue weighted by Gasteiger charge is 2.34. The number of rotatable bonds is 6. The van der Waals surface area contributed by atoms with Gasteiger partial charge in [-0.25, -0.2) is 0 Å². The molecule has 1 N–H and O–H groups in total. The Morgan fingerprint density at radius 1 is 1.40 bits per heavy atom. The molecule has 156 valence electrons. The number of carbonyl (C=O) groups excluding carboxylic acids is 1. The molecule has 1 heterocycles. The molecule has 1 aliphatic rings. The van der Waals surface area contributed by atoms with Crippen LogP contribution in [0.1, 0.15) is 55.2 Å². The number of non-ortho nitro benzene ring substituents is 1. The standard InChI is InChI=1S/C23H25N3O3S/c1-4-23(2,3)16-8-11-18-19(14-24)22(30-20(18)13-16)25-21(27)12-7-15-5-9-17(10-6-15)26(28)29/h5-7,9-10,12,16H,4,8,11,13H2,1-3H3,(H,25,27)/b12-7+/t16-/m0/s1. The first-order chi connectivity index (χ1) is 14.2. The molecule has 0 spiro atoms. The number of thiophene rings is 1. The van der Waals surface area contributed by atoms with Crippen LogP contribution in [0.4, 0.5) is 10.7 Å². The smallest absolute Gasteiger partial charge is 0.269 e. The summed E-state index contributed by atoms with van der Waals surface area (Å²) in [6, 6.07) is 8.24. The summed E-state index contributed by atoms with van der Waals surface area (Å²) in [5, 5.41) is 23.8. The van der Waals surface area contributed by atoms with E-state index in [1.165, 1.54) is 34.4 Å². The van der Waals surface area contributed by atoms with Crippen molar-refractivity contribution in [3.63, 3.8) is 0 Å². The van der Waals surface area contributed by atoms with Gasteiger partial charge >= 0.3 is 0 Å². The summed E-state index contributed by atoms with van der Waals surface area (Å²) in [7, 11) is 0. The highest BCUT2D eigenvalue weighted by molar-refractivity contribution is 7.16. The summed E-state index contributed by atoms with van der Waals surface area (Å²) in [4.78, 5) is 23.9. The number of carbonyl (C=O) groups is 1. The summed E-state index contributed by atoms with van der Waals surface area (Å²) in [6.45, 7) is 6.81. The van der Waals surface area contributed by atoms with Crippen LogP contribution in [0.25, 0.3) is 6.08 Å². The molecule has 0 fully saturated rings. The summed E-state index contributed by atoms with van der Waals surface area (Å²) in [6.07, 6.45) is 6.97. The molecule has 30 heavy (non-hydrogen) atoms. The maximum absolute atomic E-state index is 12.4. The maximum atomic E-state index is 12.4. The molecule has 1 aromatic heterocycles. The van der Waals surface area contributed by atoms with Crippen molar-refractivity contribution in [2.45, 2.75) is 46.5 Å². The highest BCUT2D eigenvalue weighted by Crippen LogP contribution is 2.45. The zero-order valence-corrected chi connectivity index (χ0v) is 18.2. The normalized spacial score (nSPS) is 16.1. The van der Waals surface area contributed by atoms with E-state index in [0.29, 0.717) is 22.0 Å². The van der Waals surface area contributed by atoms with Gasteiger partial charge in [-0.1, -0.05) is 27.2 Å². The van der Waals surface area contributed by atoms with Crippen LogP contribution in [0.5, 0.6) is 0 Å². The molecular formula is C23H25N3O3S. The first kappa shape index (κ1) is 21.7. The first-order valence-electron chi connectivity index (χ1n) is 10.0. The molecule has 0 aliphatic heterocycles. The van der Waals surface area contributed by atoms with Gasteiger partial charge in [0.15, 0.2) is 0 Å². The molecule has 0 unspecified atom stereocenters. The van der Waals surface area contributed by atoms with E-state index >= 15 is 0 Å². The van der Waals surface area contributed by atoms with Crippen molar-refractivity contribution in [2.75, 3.05) is 5.32 Å². The van der Waals surface area contributed by atoms with E-state index in [4.69, 9.17) is 0 Å². The van der Waals surface area contributed by atoms with E-state index in [9.17, 15) is 20.2 Å². The molecule has 1 aliphatic carbocycles. The SMILES string of the molecule is CCC(C)(C)[C@H]1CCc2c(sc(NC(=O)/C=C/c3ccc([N+](=O)[O-])cc3)c2C#N)C1. The van der Waals surface area contributed by atoms with Crippen LogP contribution in [0.2, 0.25) is 0 Å². The van der Waals surface area contributed by atoms with Gasteiger partial charge in [0.2, 0.25) is 5.91 Å². The van der Waals surface area contributed by atoms with E-state index in [0.717, 1.165) is 31.2 Å². The second-order valence-corrected chi connectivity index (χ2v) is 9.38. The molecule has 1 amide bonds. The van der Waals surface area contributed by atoms with E-state index < -0.39 is 4.92 Å². The van der Waals surface area contributed by atoms with Gasteiger partial charge in [-0.15, -0.1) is 11.3 Å². The number of nitriles is 1. The Labute approximate surface area is 180 Å². The van der Waals surface area contributed by atoms with Gasteiger partial charge in [0, 0.05) is 23.1 Å². The van der Waals surface area contributed by atoms with E-state index in [1.54, 1.807) is 18.2 Å². The summed E-state index contributed by atoms with van der Waals surface area (Å²) in [5.41, 5.74) is 2.61. The van der Waals surface area contributed by atoms with Crippen LogP contribution in [0, 0.1) is 32.8 Å². The van der Waals surface area contributed by atoms with Gasteiger partial charge < -0.3 is 5.32 Å². The summed E-state index contributed by atoms with van der Waals surface area (Å²) >= 11 is 1.51. The van der Waals surface area contributed by atoms with Gasteiger partial charge in [-0.3, -0.25) is 14.9 Å². The number of nitro benzene ring substituents is 1. The molecular weight excluding hydrogens is 398 g/mol. The number of benzene rings is 1. The predicted molar refractivity (Wildman–Crippen MR) is 119 cm³/mol. The second-order valence-electron chi connectivity index (χ2n) is 8.27. The monoisotopic (exact) mass is 423 g/mol. The van der Waals surface area contributed by atoms with Crippen molar-refractivity contribution >= 4 is 34.0 Å². The minimum Gasteiger partial charge on any atom is -0.313 e. The Kier molecular flexibility index (Phi) is 6.37. The Morgan fingerprint density at radius 3 is 2.70 bits per heavy atom. The van der Waals surface area contributed by atoms with Crippen LogP contribution in [-0.4, -0.2) is 10.8 Å². The number of anilines is 1. The van der Waals surface area contributed by atoms with Crippen molar-refractivity contribution in [2.24, 2.45) is 11.3 Å². The fraction of sp³-hybridized carbons (Fsp3) is 0.391. The lowest BCUT2D eigenvalue weighted by molar-refractivity contribution is -0.384. The molecule has 7 heteroatoms. The van der Waals surface area contributed by atoms with Crippen LogP contribution >= 0.6 is 11.3 Å². The Hall–Kier alpha value is -2.98. The molecule has 0 saturated carbocycles. The van der Waals surface area contributed by atoms with Crippen LogP contribution < -0.4 is 5.32 Å². The van der Waals surface area contributed by atoms with E-state index in [2.05, 4.69) is 32.2 Å². The number of nitro groups is 1. The molecule has 6 nitrogen and oxygen atoms in total. The topological polar surface area (TPSA) is 96.0 Å². The molecule has 3 rings (SSSR count). The lowest BCUT2D eigenvalue weighted by atomic mass is 9.69. The summed E-state index contributed by atoms with van der Waals surface area (Å²) < 4.78 is 0. The minimum absolute atomic E-state index is 0.00369. The number of hydrogen-bond donors (Lipinski definition) is 1. The van der Waals surface area contributed by atoms with E-state index in [-0.39, 0.29) is 17.0 Å². The number of fused-ring (bicyclic) bond motifs is 1. The number of nitrogens with zero attached hydrogens (tertiary/aromatic N) is 2. The Bertz CT molecular complexity index is 1030. The molecule has 0 radical (unpaired) electrons. The fourth-order valence-electron chi connectivity index (χ4n) is 3.78. The molecule has 0 bridgehead atoms. The zero-order chi connectivity index (χ0) is 21.9. The van der Waals surface area contributed by atoms with Gasteiger partial charge in [-0.2, -0.15) is 5.26 Å². The van der Waals surface area contributed by atoms with Gasteiger partial charge in [0.1, 0.15) is 11.1 Å². The highest BCUT2D eigenvalue weighted by atomic mass is 32.1. The number of nitrogens with one attached hydrogen (secondary N) is 1. The number of amides is 1. The lowest BCUT2D eigenvalue weighted by Crippen LogP contribution is -2.28.